The molecule has 4 aromatic rings. The zero-order valence-electron chi connectivity index (χ0n) is 14.4. The van der Waals surface area contributed by atoms with Crippen LogP contribution in [-0.4, -0.2) is 12.6 Å². The highest BCUT2D eigenvalue weighted by Gasteiger charge is 2.13. The molecule has 4 nitrogen and oxygen atoms in total. The Morgan fingerprint density at radius 1 is 0.704 bits per heavy atom. The molecule has 0 saturated carbocycles. The number of nitrogens with zero attached hydrogens (tertiary/aromatic N) is 1. The summed E-state index contributed by atoms with van der Waals surface area (Å²) in [7, 11) is 0. The first-order valence-electron chi connectivity index (χ1n) is 8.26. The zero-order valence-corrected chi connectivity index (χ0v) is 15.2. The van der Waals surface area contributed by atoms with Crippen LogP contribution >= 0.6 is 11.3 Å². The van der Waals surface area contributed by atoms with E-state index in [0.717, 1.165) is 27.5 Å². The van der Waals surface area contributed by atoms with Gasteiger partial charge in [-0.25, -0.2) is 0 Å². The molecule has 4 rings (SSSR count). The van der Waals surface area contributed by atoms with E-state index >= 15 is 0 Å². The smallest absolute Gasteiger partial charge is 0.185 e. The van der Waals surface area contributed by atoms with Crippen molar-refractivity contribution in [1.29, 1.82) is 0 Å². The number of carbonyl (C=O) groups excluding carboxylic acids is 2. The third-order valence-corrected chi connectivity index (χ3v) is 4.63. The van der Waals surface area contributed by atoms with Crippen LogP contribution in [0.15, 0.2) is 95.6 Å². The van der Waals surface area contributed by atoms with E-state index in [0.29, 0.717) is 12.0 Å². The summed E-state index contributed by atoms with van der Waals surface area (Å²) in [5, 5.41) is 1.03. The Kier molecular flexibility index (Phi) is 6.33. The molecule has 0 fully saturated rings. The Bertz CT molecular complexity index is 924. The van der Waals surface area contributed by atoms with Crippen LogP contribution in [0.3, 0.4) is 0 Å². The Labute approximate surface area is 161 Å². The van der Waals surface area contributed by atoms with E-state index < -0.39 is 0 Å². The average molecular weight is 375 g/mol. The summed E-state index contributed by atoms with van der Waals surface area (Å²) in [5.41, 5.74) is 2.16. The quantitative estimate of drug-likeness (QED) is 0.394. The molecule has 0 spiro atoms. The highest BCUT2D eigenvalue weighted by molar-refractivity contribution is 7.17. The average Bonchev–Trinajstić information content (AvgIpc) is 3.42. The summed E-state index contributed by atoms with van der Waals surface area (Å²) in [4.78, 5) is 23.6. The van der Waals surface area contributed by atoms with Crippen molar-refractivity contribution in [2.45, 2.75) is 0 Å². The molecular weight excluding hydrogens is 358 g/mol. The number of hydrogen-bond donors (Lipinski definition) is 0. The third kappa shape index (κ3) is 4.80. The van der Waals surface area contributed by atoms with Crippen LogP contribution in [0.2, 0.25) is 0 Å². The maximum Gasteiger partial charge on any atom is 0.185 e. The fourth-order valence-electron chi connectivity index (χ4n) is 2.44. The SMILES string of the molecule is O=Cc1ccc(N(c2ccccc2)c2ccccc2)s1.O=Cc1ccco1. The Morgan fingerprint density at radius 3 is 1.74 bits per heavy atom. The lowest BCUT2D eigenvalue weighted by Crippen LogP contribution is -2.07. The maximum atomic E-state index is 10.9. The minimum atomic E-state index is 0.375. The van der Waals surface area contributed by atoms with Gasteiger partial charge in [0.1, 0.15) is 5.00 Å². The van der Waals surface area contributed by atoms with Crippen molar-refractivity contribution in [3.8, 4) is 0 Å². The first-order valence-corrected chi connectivity index (χ1v) is 9.07. The number of furan rings is 1. The van der Waals surface area contributed by atoms with Gasteiger partial charge in [0.2, 0.25) is 0 Å². The van der Waals surface area contributed by atoms with E-state index in [2.05, 4.69) is 33.6 Å². The molecule has 0 saturated heterocycles. The second kappa shape index (κ2) is 9.31. The van der Waals surface area contributed by atoms with Gasteiger partial charge >= 0.3 is 0 Å². The van der Waals surface area contributed by atoms with Crippen LogP contribution in [0, 0.1) is 0 Å². The fraction of sp³-hybridized carbons (Fsp3) is 0. The van der Waals surface area contributed by atoms with E-state index in [1.165, 1.54) is 17.6 Å². The van der Waals surface area contributed by atoms with Gasteiger partial charge in [-0.3, -0.25) is 9.59 Å². The summed E-state index contributed by atoms with van der Waals surface area (Å²) in [6.45, 7) is 0. The molecule has 5 heteroatoms. The molecule has 0 unspecified atom stereocenters. The molecule has 0 aliphatic rings. The maximum absolute atomic E-state index is 10.9. The van der Waals surface area contributed by atoms with Gasteiger partial charge in [0, 0.05) is 11.4 Å². The van der Waals surface area contributed by atoms with E-state index in [1.807, 2.05) is 48.5 Å². The molecule has 2 aromatic heterocycles. The third-order valence-electron chi connectivity index (χ3n) is 3.64. The predicted octanol–water partition coefficient (Wildman–Crippen LogP) is 6.12. The van der Waals surface area contributed by atoms with Gasteiger partial charge in [0.15, 0.2) is 18.3 Å². The number of thiophene rings is 1. The van der Waals surface area contributed by atoms with Gasteiger partial charge in [-0.05, 0) is 48.5 Å². The van der Waals surface area contributed by atoms with Crippen molar-refractivity contribution in [2.75, 3.05) is 4.90 Å². The molecule has 0 amide bonds. The zero-order chi connectivity index (χ0) is 18.9. The van der Waals surface area contributed by atoms with Crippen molar-refractivity contribution in [1.82, 2.24) is 0 Å². The van der Waals surface area contributed by atoms with E-state index in [4.69, 9.17) is 0 Å². The van der Waals surface area contributed by atoms with Crippen LogP contribution in [0.4, 0.5) is 16.4 Å². The van der Waals surface area contributed by atoms with Crippen LogP contribution in [0.25, 0.3) is 0 Å². The molecule has 0 atom stereocenters. The van der Waals surface area contributed by atoms with Gasteiger partial charge in [0.05, 0.1) is 11.1 Å². The second-order valence-corrected chi connectivity index (χ2v) is 6.53. The van der Waals surface area contributed by atoms with Crippen molar-refractivity contribution in [3.63, 3.8) is 0 Å². The summed E-state index contributed by atoms with van der Waals surface area (Å²) >= 11 is 1.49. The number of aldehydes is 2. The van der Waals surface area contributed by atoms with Gasteiger partial charge in [-0.2, -0.15) is 0 Å². The minimum absolute atomic E-state index is 0.375. The second-order valence-electron chi connectivity index (χ2n) is 5.43. The lowest BCUT2D eigenvalue weighted by molar-refractivity contribution is 0.109. The largest absolute Gasteiger partial charge is 0.462 e. The number of benzene rings is 2. The number of para-hydroxylation sites is 2. The van der Waals surface area contributed by atoms with Crippen LogP contribution in [0.5, 0.6) is 0 Å². The topological polar surface area (TPSA) is 50.5 Å². The minimum Gasteiger partial charge on any atom is -0.462 e. The predicted molar refractivity (Wildman–Crippen MR) is 108 cm³/mol. The molecule has 0 radical (unpaired) electrons. The highest BCUT2D eigenvalue weighted by atomic mass is 32.1. The van der Waals surface area contributed by atoms with Gasteiger partial charge in [0.25, 0.3) is 0 Å². The summed E-state index contributed by atoms with van der Waals surface area (Å²) in [5.74, 6) is 0.375. The summed E-state index contributed by atoms with van der Waals surface area (Å²) in [6, 6.07) is 27.4. The van der Waals surface area contributed by atoms with Crippen molar-refractivity contribution < 1.29 is 14.0 Å². The molecule has 2 aromatic carbocycles. The van der Waals surface area contributed by atoms with E-state index in [9.17, 15) is 9.59 Å². The van der Waals surface area contributed by atoms with Crippen molar-refractivity contribution in [3.05, 3.63) is 102 Å². The van der Waals surface area contributed by atoms with E-state index in [-0.39, 0.29) is 0 Å². The van der Waals surface area contributed by atoms with Crippen LogP contribution < -0.4 is 4.90 Å². The fourth-order valence-corrected chi connectivity index (χ4v) is 3.31. The molecule has 0 bridgehead atoms. The number of hydrogen-bond acceptors (Lipinski definition) is 5. The molecule has 0 aliphatic carbocycles. The molecule has 2 heterocycles. The number of carbonyl (C=O) groups is 2. The standard InChI is InChI=1S/C17H13NOS.C5H4O2/c19-13-16-11-12-17(20-16)18(14-7-3-1-4-8-14)15-9-5-2-6-10-15;6-4-5-2-1-3-7-5/h1-13H;1-4H. The van der Waals surface area contributed by atoms with Gasteiger partial charge < -0.3 is 9.32 Å². The molecule has 0 aliphatic heterocycles. The van der Waals surface area contributed by atoms with Crippen molar-refractivity contribution >= 4 is 40.3 Å². The summed E-state index contributed by atoms with van der Waals surface area (Å²) < 4.78 is 4.61. The Morgan fingerprint density at radius 2 is 1.33 bits per heavy atom. The first-order chi connectivity index (χ1) is 13.3. The van der Waals surface area contributed by atoms with Crippen molar-refractivity contribution in [2.24, 2.45) is 0 Å². The highest BCUT2D eigenvalue weighted by Crippen LogP contribution is 2.37. The molecule has 0 N–H and O–H groups in total. The first kappa shape index (κ1) is 18.4. The Balaban J connectivity index is 0.000000253. The van der Waals surface area contributed by atoms with Gasteiger partial charge in [-0.15, -0.1) is 11.3 Å². The Hall–Kier alpha value is -3.44. The van der Waals surface area contributed by atoms with Gasteiger partial charge in [-0.1, -0.05) is 36.4 Å². The van der Waals surface area contributed by atoms with E-state index in [1.54, 1.807) is 12.1 Å². The normalized spacial score (nSPS) is 9.78. The number of rotatable bonds is 5. The lowest BCUT2D eigenvalue weighted by atomic mass is 10.2. The molecule has 134 valence electrons. The number of anilines is 3. The monoisotopic (exact) mass is 375 g/mol. The lowest BCUT2D eigenvalue weighted by Gasteiger charge is -2.23. The van der Waals surface area contributed by atoms with Crippen LogP contribution in [-0.2, 0) is 0 Å². The molecular formula is C22H17NO3S. The molecule has 27 heavy (non-hydrogen) atoms. The summed E-state index contributed by atoms with van der Waals surface area (Å²) in [6.07, 6.45) is 3.02. The van der Waals surface area contributed by atoms with Crippen LogP contribution in [0.1, 0.15) is 20.2 Å².